The second-order valence-electron chi connectivity index (χ2n) is 6.47. The molecule has 2 heterocycles. The minimum absolute atomic E-state index is 0.106. The van der Waals surface area contributed by atoms with Gasteiger partial charge in [0.2, 0.25) is 0 Å². The van der Waals surface area contributed by atoms with Crippen LogP contribution in [0.2, 0.25) is 0 Å². The number of benzene rings is 2. The van der Waals surface area contributed by atoms with Crippen LogP contribution >= 0.6 is 0 Å². The van der Waals surface area contributed by atoms with Crippen LogP contribution in [-0.2, 0) is 13.0 Å². The summed E-state index contributed by atoms with van der Waals surface area (Å²) in [5, 5.41) is 2.97. The van der Waals surface area contributed by atoms with Crippen molar-refractivity contribution in [2.24, 2.45) is 0 Å². The molecule has 0 fully saturated rings. The van der Waals surface area contributed by atoms with Gasteiger partial charge in [0, 0.05) is 18.2 Å². The largest absolute Gasteiger partial charge is 0.496 e. The molecule has 6 nitrogen and oxygen atoms in total. The van der Waals surface area contributed by atoms with Crippen molar-refractivity contribution < 1.29 is 14.3 Å². The molecule has 0 saturated carbocycles. The van der Waals surface area contributed by atoms with E-state index in [1.807, 2.05) is 54.6 Å². The number of carbonyl (C=O) groups excluding carboxylic acids is 1. The van der Waals surface area contributed by atoms with Gasteiger partial charge in [0.05, 0.1) is 7.11 Å². The molecule has 2 N–H and O–H groups in total. The van der Waals surface area contributed by atoms with Crippen molar-refractivity contribution in [2.75, 3.05) is 13.7 Å². The molecule has 0 aliphatic carbocycles. The van der Waals surface area contributed by atoms with Crippen LogP contribution in [0.15, 0.2) is 54.6 Å². The summed E-state index contributed by atoms with van der Waals surface area (Å²) in [5.74, 6) is 2.17. The number of amides is 1. The number of imidazole rings is 1. The number of para-hydroxylation sites is 2. The van der Waals surface area contributed by atoms with E-state index in [-0.39, 0.29) is 18.4 Å². The molecular weight excluding hydrogens is 342 g/mol. The molecule has 6 heteroatoms. The molecule has 0 spiro atoms. The molecule has 138 valence electrons. The van der Waals surface area contributed by atoms with Gasteiger partial charge in [-0.05, 0) is 30.2 Å². The Morgan fingerprint density at radius 2 is 1.89 bits per heavy atom. The fraction of sp³-hybridized carbons (Fsp3) is 0.238. The second kappa shape index (κ2) is 7.53. The number of hydrogen-bond acceptors (Lipinski definition) is 4. The molecule has 27 heavy (non-hydrogen) atoms. The van der Waals surface area contributed by atoms with Crippen molar-refractivity contribution in [3.8, 4) is 11.5 Å². The summed E-state index contributed by atoms with van der Waals surface area (Å²) in [4.78, 5) is 20.2. The molecule has 0 saturated heterocycles. The first-order valence-corrected chi connectivity index (χ1v) is 8.91. The first kappa shape index (κ1) is 17.1. The lowest BCUT2D eigenvalue weighted by molar-refractivity contribution is 0.0950. The van der Waals surface area contributed by atoms with E-state index < -0.39 is 0 Å². The maximum Gasteiger partial charge on any atom is 0.271 e. The van der Waals surface area contributed by atoms with Crippen molar-refractivity contribution >= 4 is 5.91 Å². The molecule has 1 aromatic heterocycles. The van der Waals surface area contributed by atoms with Crippen molar-refractivity contribution in [3.05, 3.63) is 77.4 Å². The second-order valence-corrected chi connectivity index (χ2v) is 6.47. The van der Waals surface area contributed by atoms with E-state index >= 15 is 0 Å². The van der Waals surface area contributed by atoms with Gasteiger partial charge in [-0.25, -0.2) is 4.98 Å². The Morgan fingerprint density at radius 3 is 2.70 bits per heavy atom. The fourth-order valence-corrected chi connectivity index (χ4v) is 3.38. The van der Waals surface area contributed by atoms with Crippen LogP contribution in [0.4, 0.5) is 0 Å². The van der Waals surface area contributed by atoms with Gasteiger partial charge in [0.1, 0.15) is 29.6 Å². The Bertz CT molecular complexity index is 937. The van der Waals surface area contributed by atoms with Gasteiger partial charge in [-0.1, -0.05) is 36.4 Å². The average molecular weight is 363 g/mol. The summed E-state index contributed by atoms with van der Waals surface area (Å²) in [6, 6.07) is 17.4. The van der Waals surface area contributed by atoms with Crippen molar-refractivity contribution in [1.29, 1.82) is 0 Å². The number of nitrogens with one attached hydrogen (secondary N) is 2. The molecule has 4 rings (SSSR count). The monoisotopic (exact) mass is 363 g/mol. The number of methoxy groups -OCH3 is 1. The molecule has 2 aromatic carbocycles. The van der Waals surface area contributed by atoms with Crippen LogP contribution in [-0.4, -0.2) is 29.5 Å². The van der Waals surface area contributed by atoms with Crippen molar-refractivity contribution in [3.63, 3.8) is 0 Å². The molecular formula is C21H21N3O3. The predicted octanol–water partition coefficient (Wildman–Crippen LogP) is 3.07. The molecule has 1 aliphatic rings. The molecule has 1 amide bonds. The maximum absolute atomic E-state index is 12.5. The zero-order valence-corrected chi connectivity index (χ0v) is 15.1. The number of aromatic nitrogens is 2. The van der Waals surface area contributed by atoms with E-state index in [4.69, 9.17) is 9.47 Å². The number of fused-ring (bicyclic) bond motifs is 1. The maximum atomic E-state index is 12.5. The van der Waals surface area contributed by atoms with Crippen LogP contribution in [0, 0.1) is 0 Å². The number of nitrogens with zero attached hydrogens (tertiary/aromatic N) is 1. The summed E-state index contributed by atoms with van der Waals surface area (Å²) < 4.78 is 11.2. The lowest BCUT2D eigenvalue weighted by atomic mass is 9.93. The third-order valence-corrected chi connectivity index (χ3v) is 4.70. The highest BCUT2D eigenvalue weighted by atomic mass is 16.5. The van der Waals surface area contributed by atoms with Gasteiger partial charge in [-0.15, -0.1) is 0 Å². The summed E-state index contributed by atoms with van der Waals surface area (Å²) in [5.41, 5.74) is 2.34. The van der Waals surface area contributed by atoms with Gasteiger partial charge in [-0.2, -0.15) is 0 Å². The zero-order chi connectivity index (χ0) is 18.6. The van der Waals surface area contributed by atoms with Crippen LogP contribution < -0.4 is 14.8 Å². The Hall–Kier alpha value is -3.28. The van der Waals surface area contributed by atoms with E-state index in [0.29, 0.717) is 24.5 Å². The fourth-order valence-electron chi connectivity index (χ4n) is 3.38. The molecule has 0 bridgehead atoms. The zero-order valence-electron chi connectivity index (χ0n) is 15.1. The van der Waals surface area contributed by atoms with Crippen LogP contribution in [0.25, 0.3) is 0 Å². The minimum atomic E-state index is -0.162. The third kappa shape index (κ3) is 3.65. The van der Waals surface area contributed by atoms with E-state index in [1.165, 1.54) is 0 Å². The number of aromatic amines is 1. The number of hydrogen-bond donors (Lipinski definition) is 2. The minimum Gasteiger partial charge on any atom is -0.496 e. The lowest BCUT2D eigenvalue weighted by Crippen LogP contribution is -2.26. The summed E-state index contributed by atoms with van der Waals surface area (Å²) in [7, 11) is 1.66. The summed E-state index contributed by atoms with van der Waals surface area (Å²) >= 11 is 0. The van der Waals surface area contributed by atoms with Crippen LogP contribution in [0.5, 0.6) is 11.5 Å². The van der Waals surface area contributed by atoms with Gasteiger partial charge in [0.15, 0.2) is 0 Å². The molecule has 1 atom stereocenters. The van der Waals surface area contributed by atoms with Crippen LogP contribution in [0.3, 0.4) is 0 Å². The van der Waals surface area contributed by atoms with Crippen LogP contribution in [0.1, 0.15) is 33.5 Å². The van der Waals surface area contributed by atoms with Gasteiger partial charge in [-0.3, -0.25) is 4.79 Å². The molecule has 1 aliphatic heterocycles. The summed E-state index contributed by atoms with van der Waals surface area (Å²) in [6.07, 6.45) is 0.673. The highest BCUT2D eigenvalue weighted by Crippen LogP contribution is 2.30. The standard InChI is InChI=1S/C21H21N3O3/c1-26-18-10-6-5-9-16(18)14-11-17-20(21(25)22-12-14)24-19(23-17)13-27-15-7-3-2-4-8-15/h2-10,14H,11-13H2,1H3,(H,22,25)(H,23,24)/t14-/m1/s1. The number of ether oxygens (including phenoxy) is 2. The predicted molar refractivity (Wildman–Crippen MR) is 101 cm³/mol. The number of H-pyrrole nitrogens is 1. The van der Waals surface area contributed by atoms with Gasteiger partial charge >= 0.3 is 0 Å². The Kier molecular flexibility index (Phi) is 4.78. The first-order valence-electron chi connectivity index (χ1n) is 8.91. The van der Waals surface area contributed by atoms with Gasteiger partial charge < -0.3 is 19.8 Å². The first-order chi connectivity index (χ1) is 13.2. The SMILES string of the molecule is COc1ccccc1[C@H]1CNC(=O)c2nc(COc3ccccc3)[nH]c2C1. The van der Waals surface area contributed by atoms with E-state index in [9.17, 15) is 4.79 Å². The number of carbonyl (C=O) groups is 1. The van der Waals surface area contributed by atoms with Gasteiger partial charge in [0.25, 0.3) is 5.91 Å². The normalized spacial score (nSPS) is 16.2. The Morgan fingerprint density at radius 1 is 1.11 bits per heavy atom. The summed E-state index contributed by atoms with van der Waals surface area (Å²) in [6.45, 7) is 0.822. The quantitative estimate of drug-likeness (QED) is 0.730. The average Bonchev–Trinajstić information content (AvgIpc) is 3.06. The topological polar surface area (TPSA) is 76.2 Å². The highest BCUT2D eigenvalue weighted by molar-refractivity contribution is 5.94. The smallest absolute Gasteiger partial charge is 0.271 e. The van der Waals surface area contributed by atoms with Crippen molar-refractivity contribution in [1.82, 2.24) is 15.3 Å². The highest BCUT2D eigenvalue weighted by Gasteiger charge is 2.27. The Labute approximate surface area is 157 Å². The van der Waals surface area contributed by atoms with E-state index in [0.717, 1.165) is 22.8 Å². The molecule has 0 radical (unpaired) electrons. The third-order valence-electron chi connectivity index (χ3n) is 4.70. The Balaban J connectivity index is 1.56. The van der Waals surface area contributed by atoms with E-state index in [2.05, 4.69) is 15.3 Å². The molecule has 0 unspecified atom stereocenters. The van der Waals surface area contributed by atoms with Crippen molar-refractivity contribution in [2.45, 2.75) is 18.9 Å². The number of rotatable bonds is 5. The molecule has 3 aromatic rings. The van der Waals surface area contributed by atoms with E-state index in [1.54, 1.807) is 7.11 Å². The lowest BCUT2D eigenvalue weighted by Gasteiger charge is -2.17.